The molecule has 0 atom stereocenters. The highest BCUT2D eigenvalue weighted by Crippen LogP contribution is 2.28. The molecule has 0 bridgehead atoms. The van der Waals surface area contributed by atoms with Crippen molar-refractivity contribution in [1.29, 1.82) is 0 Å². The Kier molecular flexibility index (Phi) is 8.26. The summed E-state index contributed by atoms with van der Waals surface area (Å²) in [4.78, 5) is 20.0. The van der Waals surface area contributed by atoms with E-state index in [-0.39, 0.29) is 17.7 Å². The van der Waals surface area contributed by atoms with E-state index in [1.54, 1.807) is 0 Å². The molecule has 37 heavy (non-hydrogen) atoms. The first-order chi connectivity index (χ1) is 18.2. The number of piperidine rings is 1. The number of nitrogens with zero attached hydrogens (tertiary/aromatic N) is 3. The van der Waals surface area contributed by atoms with Gasteiger partial charge < -0.3 is 10.2 Å². The third-order valence-electron chi connectivity index (χ3n) is 7.21. The van der Waals surface area contributed by atoms with Crippen LogP contribution >= 0.6 is 11.5 Å². The van der Waals surface area contributed by atoms with Crippen molar-refractivity contribution < 1.29 is 4.79 Å². The molecule has 1 N–H and O–H groups in total. The van der Waals surface area contributed by atoms with Gasteiger partial charge in [-0.25, -0.2) is 4.98 Å². The normalized spacial score (nSPS) is 14.2. The fraction of sp³-hybridized carbons (Fsp3) is 0.323. The Labute approximate surface area is 223 Å². The summed E-state index contributed by atoms with van der Waals surface area (Å²) in [6.45, 7) is 4.45. The quantitative estimate of drug-likeness (QED) is 0.300. The summed E-state index contributed by atoms with van der Waals surface area (Å²) in [6, 6.07) is 29.7. The van der Waals surface area contributed by atoms with Gasteiger partial charge in [0.25, 0.3) is 0 Å². The maximum Gasteiger partial charge on any atom is 0.223 e. The van der Waals surface area contributed by atoms with E-state index in [1.807, 2.05) is 12.1 Å². The van der Waals surface area contributed by atoms with Crippen LogP contribution in [0.3, 0.4) is 0 Å². The first-order valence-electron chi connectivity index (χ1n) is 13.2. The zero-order valence-corrected chi connectivity index (χ0v) is 22.2. The van der Waals surface area contributed by atoms with Crippen LogP contribution in [-0.4, -0.2) is 34.9 Å². The van der Waals surface area contributed by atoms with E-state index in [0.717, 1.165) is 49.7 Å². The van der Waals surface area contributed by atoms with Crippen molar-refractivity contribution in [3.63, 3.8) is 0 Å². The summed E-state index contributed by atoms with van der Waals surface area (Å²) in [5, 5.41) is 4.20. The van der Waals surface area contributed by atoms with Gasteiger partial charge in [-0.3, -0.25) is 4.79 Å². The third kappa shape index (κ3) is 6.63. The highest BCUT2D eigenvalue weighted by Gasteiger charge is 2.27. The zero-order chi connectivity index (χ0) is 25.5. The molecule has 0 saturated carbocycles. The fourth-order valence-electron chi connectivity index (χ4n) is 5.05. The maximum absolute atomic E-state index is 13.0. The second-order valence-corrected chi connectivity index (χ2v) is 10.6. The molecule has 5 nitrogen and oxygen atoms in total. The molecule has 1 aliphatic heterocycles. The molecule has 1 fully saturated rings. The van der Waals surface area contributed by atoms with Gasteiger partial charge in [0, 0.05) is 49.4 Å². The Morgan fingerprint density at radius 1 is 0.946 bits per heavy atom. The average Bonchev–Trinajstić information content (AvgIpc) is 3.42. The number of hydrogen-bond donors (Lipinski definition) is 1. The standard InChI is InChI=1S/C31H34N4OS/c1-23-12-14-24(15-13-23)22-29-33-31(37-34-29)35-20-17-27(18-21-35)30(36)32-19-16-28(25-8-4-2-5-9-25)26-10-6-3-7-11-26/h2-15,27-28H,16-22H2,1H3,(H,32,36). The second kappa shape index (κ2) is 12.2. The van der Waals surface area contributed by atoms with E-state index in [1.165, 1.54) is 33.8 Å². The van der Waals surface area contributed by atoms with Crippen LogP contribution in [-0.2, 0) is 11.2 Å². The number of rotatable bonds is 9. The number of carbonyl (C=O) groups excluding carboxylic acids is 1. The molecule has 3 aromatic carbocycles. The van der Waals surface area contributed by atoms with E-state index in [4.69, 9.17) is 4.98 Å². The molecule has 1 aliphatic rings. The Balaban J connectivity index is 1.10. The van der Waals surface area contributed by atoms with Crippen LogP contribution in [0, 0.1) is 12.8 Å². The van der Waals surface area contributed by atoms with Crippen molar-refractivity contribution in [3.05, 3.63) is 113 Å². The number of carbonyl (C=O) groups is 1. The third-order valence-corrected chi connectivity index (χ3v) is 8.03. The number of nitrogens with one attached hydrogen (secondary N) is 1. The first kappa shape index (κ1) is 25.2. The minimum atomic E-state index is 0.0584. The summed E-state index contributed by atoms with van der Waals surface area (Å²) < 4.78 is 4.58. The summed E-state index contributed by atoms with van der Waals surface area (Å²) in [5.41, 5.74) is 5.06. The molecule has 6 heteroatoms. The number of hydrogen-bond acceptors (Lipinski definition) is 5. The van der Waals surface area contributed by atoms with Crippen LogP contribution in [0.2, 0.25) is 0 Å². The zero-order valence-electron chi connectivity index (χ0n) is 21.3. The Hall–Kier alpha value is -3.51. The van der Waals surface area contributed by atoms with Gasteiger partial charge in [-0.15, -0.1) is 0 Å². The lowest BCUT2D eigenvalue weighted by Crippen LogP contribution is -2.41. The number of benzene rings is 3. The van der Waals surface area contributed by atoms with Gasteiger partial charge in [0.05, 0.1) is 0 Å². The van der Waals surface area contributed by atoms with Crippen LogP contribution < -0.4 is 10.2 Å². The van der Waals surface area contributed by atoms with Crippen molar-refractivity contribution >= 4 is 22.6 Å². The number of aryl methyl sites for hydroxylation is 1. The molecule has 0 aliphatic carbocycles. The minimum Gasteiger partial charge on any atom is -0.356 e. The Morgan fingerprint density at radius 3 is 2.19 bits per heavy atom. The summed E-state index contributed by atoms with van der Waals surface area (Å²) in [5.74, 6) is 1.38. The molecule has 2 heterocycles. The van der Waals surface area contributed by atoms with Crippen LogP contribution in [0.15, 0.2) is 84.9 Å². The van der Waals surface area contributed by atoms with Gasteiger partial charge in [0.1, 0.15) is 5.82 Å². The molecule has 0 radical (unpaired) electrons. The lowest BCUT2D eigenvalue weighted by molar-refractivity contribution is -0.125. The number of amides is 1. The van der Waals surface area contributed by atoms with E-state index in [2.05, 4.69) is 94.3 Å². The topological polar surface area (TPSA) is 58.1 Å². The molecule has 1 amide bonds. The largest absolute Gasteiger partial charge is 0.356 e. The van der Waals surface area contributed by atoms with Gasteiger partial charge in [-0.2, -0.15) is 4.37 Å². The average molecular weight is 511 g/mol. The van der Waals surface area contributed by atoms with Crippen LogP contribution in [0.25, 0.3) is 0 Å². The SMILES string of the molecule is Cc1ccc(Cc2nsc(N3CCC(C(=O)NCCC(c4ccccc4)c4ccccc4)CC3)n2)cc1. The van der Waals surface area contributed by atoms with Gasteiger partial charge in [0.15, 0.2) is 0 Å². The van der Waals surface area contributed by atoms with Crippen LogP contribution in [0.4, 0.5) is 5.13 Å². The highest BCUT2D eigenvalue weighted by atomic mass is 32.1. The van der Waals surface area contributed by atoms with E-state index >= 15 is 0 Å². The number of aromatic nitrogens is 2. The van der Waals surface area contributed by atoms with Crippen molar-refractivity contribution in [2.24, 2.45) is 5.92 Å². The molecule has 4 aromatic rings. The monoisotopic (exact) mass is 510 g/mol. The second-order valence-electron chi connectivity index (χ2n) is 9.87. The van der Waals surface area contributed by atoms with Crippen molar-refractivity contribution in [2.45, 2.75) is 38.5 Å². The number of anilines is 1. The molecule has 0 spiro atoms. The van der Waals surface area contributed by atoms with Crippen molar-refractivity contribution in [2.75, 3.05) is 24.5 Å². The minimum absolute atomic E-state index is 0.0584. The molecule has 0 unspecified atom stereocenters. The lowest BCUT2D eigenvalue weighted by Gasteiger charge is -2.30. The van der Waals surface area contributed by atoms with Gasteiger partial charge in [-0.1, -0.05) is 90.5 Å². The molecule has 5 rings (SSSR count). The Bertz CT molecular complexity index is 1230. The van der Waals surface area contributed by atoms with Crippen LogP contribution in [0.1, 0.15) is 53.3 Å². The molecule has 190 valence electrons. The summed E-state index contributed by atoms with van der Waals surface area (Å²) in [7, 11) is 0. The summed E-state index contributed by atoms with van der Waals surface area (Å²) in [6.07, 6.45) is 3.33. The van der Waals surface area contributed by atoms with E-state index in [0.29, 0.717) is 6.54 Å². The predicted molar refractivity (Wildman–Crippen MR) is 151 cm³/mol. The molecular weight excluding hydrogens is 476 g/mol. The van der Waals surface area contributed by atoms with Crippen molar-refractivity contribution in [1.82, 2.24) is 14.7 Å². The van der Waals surface area contributed by atoms with Gasteiger partial charge >= 0.3 is 0 Å². The van der Waals surface area contributed by atoms with Gasteiger partial charge in [-0.05, 0) is 42.9 Å². The smallest absolute Gasteiger partial charge is 0.223 e. The predicted octanol–water partition coefficient (Wildman–Crippen LogP) is 5.99. The fourth-order valence-corrected chi connectivity index (χ4v) is 5.78. The van der Waals surface area contributed by atoms with Crippen LogP contribution in [0.5, 0.6) is 0 Å². The molecule has 1 aromatic heterocycles. The lowest BCUT2D eigenvalue weighted by atomic mass is 9.88. The molecule has 1 saturated heterocycles. The Morgan fingerprint density at radius 2 is 1.57 bits per heavy atom. The van der Waals surface area contributed by atoms with Gasteiger partial charge in [0.2, 0.25) is 11.0 Å². The summed E-state index contributed by atoms with van der Waals surface area (Å²) >= 11 is 1.47. The highest BCUT2D eigenvalue weighted by molar-refractivity contribution is 7.09. The maximum atomic E-state index is 13.0. The van der Waals surface area contributed by atoms with E-state index in [9.17, 15) is 4.79 Å². The van der Waals surface area contributed by atoms with E-state index < -0.39 is 0 Å². The molecular formula is C31H34N4OS. The van der Waals surface area contributed by atoms with Crippen molar-refractivity contribution in [3.8, 4) is 0 Å². The first-order valence-corrected chi connectivity index (χ1v) is 13.9.